The van der Waals surface area contributed by atoms with Gasteiger partial charge in [0.15, 0.2) is 0 Å². The molecule has 0 bridgehead atoms. The first-order chi connectivity index (χ1) is 8.77. The van der Waals surface area contributed by atoms with Crippen LogP contribution in [0.15, 0.2) is 23.1 Å². The van der Waals surface area contributed by atoms with E-state index >= 15 is 0 Å². The van der Waals surface area contributed by atoms with Gasteiger partial charge in [0.1, 0.15) is 10.6 Å². The molecule has 0 aromatic heterocycles. The Labute approximate surface area is 114 Å². The second-order valence-electron chi connectivity index (χ2n) is 4.20. The molecule has 1 rings (SSSR count). The highest BCUT2D eigenvalue weighted by Gasteiger charge is 2.33. The molecule has 0 unspecified atom stereocenters. The second-order valence-corrected chi connectivity index (χ2v) is 5.87. The van der Waals surface area contributed by atoms with Crippen molar-refractivity contribution in [2.45, 2.75) is 30.4 Å². The molecule has 0 saturated heterocycles. The molecule has 0 aliphatic carbocycles. The number of hydrogen-bond donors (Lipinski definition) is 0. The van der Waals surface area contributed by atoms with Gasteiger partial charge in [-0.15, -0.1) is 11.8 Å². The van der Waals surface area contributed by atoms with Crippen LogP contribution in [0, 0.1) is 15.9 Å². The minimum Gasteiger partial charge on any atom is -0.465 e. The quantitative estimate of drug-likeness (QED) is 0.360. The van der Waals surface area contributed by atoms with Crippen molar-refractivity contribution < 1.29 is 18.8 Å². The van der Waals surface area contributed by atoms with E-state index in [9.17, 15) is 19.3 Å². The molecular formula is C12H14FNO4S. The molecule has 104 valence electrons. The predicted octanol–water partition coefficient (Wildman–Crippen LogP) is 3.17. The normalized spacial score (nSPS) is 11.2. The third-order valence-electron chi connectivity index (χ3n) is 2.25. The number of thioether (sulfide) groups is 1. The number of esters is 1. The SMILES string of the molecule is CCOC(=O)C(C)(C)Sc1ccc(F)cc1[N+](=O)[O-]. The molecule has 0 amide bonds. The molecule has 0 saturated carbocycles. The van der Waals surface area contributed by atoms with E-state index in [2.05, 4.69) is 0 Å². The van der Waals surface area contributed by atoms with Gasteiger partial charge >= 0.3 is 5.97 Å². The van der Waals surface area contributed by atoms with Gasteiger partial charge in [0.2, 0.25) is 0 Å². The highest BCUT2D eigenvalue weighted by Crippen LogP contribution is 2.38. The Morgan fingerprint density at radius 2 is 2.16 bits per heavy atom. The summed E-state index contributed by atoms with van der Waals surface area (Å²) in [4.78, 5) is 22.1. The summed E-state index contributed by atoms with van der Waals surface area (Å²) in [5.41, 5.74) is -0.359. The van der Waals surface area contributed by atoms with Crippen LogP contribution >= 0.6 is 11.8 Å². The summed E-state index contributed by atoms with van der Waals surface area (Å²) < 4.78 is 16.9. The minimum absolute atomic E-state index is 0.226. The Balaban J connectivity index is 3.05. The van der Waals surface area contributed by atoms with Crippen molar-refractivity contribution in [3.05, 3.63) is 34.1 Å². The first kappa shape index (κ1) is 15.4. The van der Waals surface area contributed by atoms with Crippen molar-refractivity contribution in [1.82, 2.24) is 0 Å². The molecule has 5 nitrogen and oxygen atoms in total. The molecule has 7 heteroatoms. The summed E-state index contributed by atoms with van der Waals surface area (Å²) in [7, 11) is 0. The average Bonchev–Trinajstić information content (AvgIpc) is 2.31. The van der Waals surface area contributed by atoms with Gasteiger partial charge in [0.05, 0.1) is 22.5 Å². The number of nitro benzene ring substituents is 1. The molecule has 0 aliphatic rings. The lowest BCUT2D eigenvalue weighted by atomic mass is 10.2. The van der Waals surface area contributed by atoms with Crippen molar-refractivity contribution in [1.29, 1.82) is 0 Å². The maximum absolute atomic E-state index is 13.0. The molecule has 0 N–H and O–H groups in total. The molecule has 0 radical (unpaired) electrons. The maximum atomic E-state index is 13.0. The van der Waals surface area contributed by atoms with E-state index in [1.807, 2.05) is 0 Å². The van der Waals surface area contributed by atoms with E-state index < -0.39 is 21.5 Å². The van der Waals surface area contributed by atoms with Crippen LogP contribution in [-0.4, -0.2) is 22.2 Å². The van der Waals surface area contributed by atoms with Crippen LogP contribution in [0.1, 0.15) is 20.8 Å². The molecular weight excluding hydrogens is 273 g/mol. The highest BCUT2D eigenvalue weighted by atomic mass is 32.2. The number of carbonyl (C=O) groups excluding carboxylic acids is 1. The van der Waals surface area contributed by atoms with Gasteiger partial charge in [0.25, 0.3) is 5.69 Å². The van der Waals surface area contributed by atoms with Crippen LogP contribution in [0.3, 0.4) is 0 Å². The van der Waals surface area contributed by atoms with Crippen molar-refractivity contribution >= 4 is 23.4 Å². The second kappa shape index (κ2) is 6.01. The molecule has 0 aliphatic heterocycles. The molecule has 0 atom stereocenters. The molecule has 1 aromatic rings. The highest BCUT2D eigenvalue weighted by molar-refractivity contribution is 8.01. The molecule has 0 spiro atoms. The van der Waals surface area contributed by atoms with E-state index in [1.165, 1.54) is 6.07 Å². The molecule has 0 fully saturated rings. The number of rotatable bonds is 5. The fourth-order valence-electron chi connectivity index (χ4n) is 1.34. The van der Waals surface area contributed by atoms with Gasteiger partial charge in [-0.05, 0) is 32.9 Å². The van der Waals surface area contributed by atoms with Crippen LogP contribution in [0.5, 0.6) is 0 Å². The summed E-state index contributed by atoms with van der Waals surface area (Å²) in [6.45, 7) is 5.11. The summed E-state index contributed by atoms with van der Waals surface area (Å²) >= 11 is 0.975. The van der Waals surface area contributed by atoms with Crippen LogP contribution in [-0.2, 0) is 9.53 Å². The largest absolute Gasteiger partial charge is 0.465 e. The number of carbonyl (C=O) groups is 1. The summed E-state index contributed by atoms with van der Waals surface area (Å²) in [5.74, 6) is -1.16. The Bertz CT molecular complexity index is 505. The smallest absolute Gasteiger partial charge is 0.321 e. The van der Waals surface area contributed by atoms with Crippen LogP contribution in [0.2, 0.25) is 0 Å². The lowest BCUT2D eigenvalue weighted by Gasteiger charge is -2.21. The fraction of sp³-hybridized carbons (Fsp3) is 0.417. The standard InChI is InChI=1S/C12H14FNO4S/c1-4-18-11(15)12(2,3)19-10-6-5-8(13)7-9(10)14(16)17/h5-7H,4H2,1-3H3. The van der Waals surface area contributed by atoms with Crippen LogP contribution in [0.25, 0.3) is 0 Å². The monoisotopic (exact) mass is 287 g/mol. The maximum Gasteiger partial charge on any atom is 0.321 e. The van der Waals surface area contributed by atoms with Crippen LogP contribution in [0.4, 0.5) is 10.1 Å². The lowest BCUT2D eigenvalue weighted by molar-refractivity contribution is -0.387. The topological polar surface area (TPSA) is 69.4 Å². The van der Waals surface area contributed by atoms with Gasteiger partial charge in [-0.2, -0.15) is 0 Å². The third kappa shape index (κ3) is 3.92. The van der Waals surface area contributed by atoms with Gasteiger partial charge in [-0.3, -0.25) is 14.9 Å². The Morgan fingerprint density at radius 3 is 2.68 bits per heavy atom. The number of benzene rings is 1. The summed E-state index contributed by atoms with van der Waals surface area (Å²) in [5, 5.41) is 10.9. The van der Waals surface area contributed by atoms with Crippen molar-refractivity contribution in [2.24, 2.45) is 0 Å². The first-order valence-corrected chi connectivity index (χ1v) is 6.39. The Hall–Kier alpha value is -1.63. The molecule has 0 heterocycles. The van der Waals surface area contributed by atoms with E-state index in [4.69, 9.17) is 4.74 Å². The zero-order valence-corrected chi connectivity index (χ0v) is 11.6. The van der Waals surface area contributed by atoms with Crippen molar-refractivity contribution in [3.63, 3.8) is 0 Å². The Morgan fingerprint density at radius 1 is 1.53 bits per heavy atom. The Kier molecular flexibility index (Phi) is 4.88. The van der Waals surface area contributed by atoms with Gasteiger partial charge in [-0.25, -0.2) is 4.39 Å². The molecule has 19 heavy (non-hydrogen) atoms. The van der Waals surface area contributed by atoms with E-state index in [0.717, 1.165) is 23.9 Å². The molecule has 1 aromatic carbocycles. The number of hydrogen-bond acceptors (Lipinski definition) is 5. The summed E-state index contributed by atoms with van der Waals surface area (Å²) in [6, 6.07) is 3.25. The van der Waals surface area contributed by atoms with Crippen LogP contribution < -0.4 is 0 Å². The first-order valence-electron chi connectivity index (χ1n) is 5.58. The number of nitro groups is 1. The lowest BCUT2D eigenvalue weighted by Crippen LogP contribution is -2.30. The van der Waals surface area contributed by atoms with Crippen molar-refractivity contribution in [2.75, 3.05) is 6.61 Å². The predicted molar refractivity (Wildman–Crippen MR) is 69.6 cm³/mol. The van der Waals surface area contributed by atoms with E-state index in [1.54, 1.807) is 20.8 Å². The number of halogens is 1. The van der Waals surface area contributed by atoms with Crippen molar-refractivity contribution in [3.8, 4) is 0 Å². The van der Waals surface area contributed by atoms with E-state index in [-0.39, 0.29) is 17.2 Å². The zero-order chi connectivity index (χ0) is 14.6. The van der Waals surface area contributed by atoms with Gasteiger partial charge in [0, 0.05) is 0 Å². The third-order valence-corrected chi connectivity index (χ3v) is 3.49. The van der Waals surface area contributed by atoms with Gasteiger partial charge in [-0.1, -0.05) is 0 Å². The number of ether oxygens (including phenoxy) is 1. The zero-order valence-electron chi connectivity index (χ0n) is 10.8. The summed E-state index contributed by atoms with van der Waals surface area (Å²) in [6.07, 6.45) is 0. The van der Waals surface area contributed by atoms with Gasteiger partial charge < -0.3 is 4.74 Å². The number of nitrogens with zero attached hydrogens (tertiary/aromatic N) is 1. The minimum atomic E-state index is -0.988. The fourth-order valence-corrected chi connectivity index (χ4v) is 2.41. The van der Waals surface area contributed by atoms with E-state index in [0.29, 0.717) is 0 Å². The average molecular weight is 287 g/mol.